The van der Waals surface area contributed by atoms with Gasteiger partial charge in [0, 0.05) is 18.8 Å². The Balaban J connectivity index is 1.73. The summed E-state index contributed by atoms with van der Waals surface area (Å²) in [5.41, 5.74) is 1.26. The molecule has 0 atom stereocenters. The molecular formula is C23H29N3O7S. The number of carbonyl (C=O) groups is 2. The Labute approximate surface area is 199 Å². The van der Waals surface area contributed by atoms with Gasteiger partial charge in [0.05, 0.1) is 49.1 Å². The van der Waals surface area contributed by atoms with Gasteiger partial charge in [0.15, 0.2) is 0 Å². The lowest BCUT2D eigenvalue weighted by atomic mass is 10.2. The second-order valence-electron chi connectivity index (χ2n) is 7.81. The molecule has 1 aliphatic rings. The molecule has 1 fully saturated rings. The SMILES string of the molecule is COC(=O)c1ccc(NC(=O)CNc2cc(S(=O)(=O)N3CCOCC3)ccc2OC(C)C)cc1. The molecular weight excluding hydrogens is 462 g/mol. The topological polar surface area (TPSA) is 123 Å². The molecule has 2 N–H and O–H groups in total. The minimum absolute atomic E-state index is 0.104. The van der Waals surface area contributed by atoms with Gasteiger partial charge in [0.1, 0.15) is 5.75 Å². The van der Waals surface area contributed by atoms with Gasteiger partial charge in [-0.05, 0) is 56.3 Å². The van der Waals surface area contributed by atoms with Gasteiger partial charge in [-0.2, -0.15) is 4.31 Å². The third-order valence-corrected chi connectivity index (χ3v) is 6.85. The molecule has 10 nitrogen and oxygen atoms in total. The van der Waals surface area contributed by atoms with E-state index < -0.39 is 16.0 Å². The summed E-state index contributed by atoms with van der Waals surface area (Å²) in [6.07, 6.45) is -0.149. The summed E-state index contributed by atoms with van der Waals surface area (Å²) >= 11 is 0. The fourth-order valence-electron chi connectivity index (χ4n) is 3.29. The number of hydrogen-bond donors (Lipinski definition) is 2. The molecule has 11 heteroatoms. The number of methoxy groups -OCH3 is 1. The van der Waals surface area contributed by atoms with Crippen molar-refractivity contribution in [3.8, 4) is 5.75 Å². The van der Waals surface area contributed by atoms with Gasteiger partial charge in [-0.1, -0.05) is 0 Å². The lowest BCUT2D eigenvalue weighted by Crippen LogP contribution is -2.40. The number of hydrogen-bond acceptors (Lipinski definition) is 8. The Hall–Kier alpha value is -3.15. The molecule has 0 aliphatic carbocycles. The predicted octanol–water partition coefficient (Wildman–Crippen LogP) is 2.33. The van der Waals surface area contributed by atoms with Crippen LogP contribution in [0.5, 0.6) is 5.75 Å². The lowest BCUT2D eigenvalue weighted by molar-refractivity contribution is -0.114. The Morgan fingerprint density at radius 3 is 2.38 bits per heavy atom. The number of anilines is 2. The van der Waals surface area contributed by atoms with Crippen molar-refractivity contribution in [2.24, 2.45) is 0 Å². The number of esters is 1. The number of carbonyl (C=O) groups excluding carboxylic acids is 2. The van der Waals surface area contributed by atoms with E-state index in [0.29, 0.717) is 35.9 Å². The Kier molecular flexibility index (Phi) is 8.48. The van der Waals surface area contributed by atoms with Crippen molar-refractivity contribution in [1.82, 2.24) is 4.31 Å². The van der Waals surface area contributed by atoms with E-state index in [1.807, 2.05) is 13.8 Å². The van der Waals surface area contributed by atoms with Gasteiger partial charge in [0.2, 0.25) is 15.9 Å². The van der Waals surface area contributed by atoms with Crippen LogP contribution in [0.25, 0.3) is 0 Å². The van der Waals surface area contributed by atoms with Gasteiger partial charge >= 0.3 is 5.97 Å². The number of nitrogens with one attached hydrogen (secondary N) is 2. The van der Waals surface area contributed by atoms with E-state index in [1.54, 1.807) is 30.3 Å². The van der Waals surface area contributed by atoms with Gasteiger partial charge in [-0.3, -0.25) is 4.79 Å². The summed E-state index contributed by atoms with van der Waals surface area (Å²) in [6.45, 7) is 4.84. The second kappa shape index (κ2) is 11.3. The molecule has 0 unspecified atom stereocenters. The predicted molar refractivity (Wildman–Crippen MR) is 127 cm³/mol. The van der Waals surface area contributed by atoms with Gasteiger partial charge < -0.3 is 24.8 Å². The first kappa shape index (κ1) is 25.5. The molecule has 1 heterocycles. The van der Waals surface area contributed by atoms with Gasteiger partial charge in [-0.25, -0.2) is 13.2 Å². The van der Waals surface area contributed by atoms with Gasteiger partial charge in [-0.15, -0.1) is 0 Å². The molecule has 0 aromatic heterocycles. The molecule has 1 aliphatic heterocycles. The number of benzene rings is 2. The molecule has 2 aromatic carbocycles. The van der Waals surface area contributed by atoms with Crippen LogP contribution in [0.1, 0.15) is 24.2 Å². The van der Waals surface area contributed by atoms with Crippen molar-refractivity contribution < 1.29 is 32.2 Å². The molecule has 2 aromatic rings. The molecule has 1 amide bonds. The van der Waals surface area contributed by atoms with E-state index in [4.69, 9.17) is 9.47 Å². The maximum Gasteiger partial charge on any atom is 0.337 e. The van der Waals surface area contributed by atoms with Crippen LogP contribution >= 0.6 is 0 Å². The minimum Gasteiger partial charge on any atom is -0.489 e. The van der Waals surface area contributed by atoms with Crippen LogP contribution in [0, 0.1) is 0 Å². The fraction of sp³-hybridized carbons (Fsp3) is 0.391. The smallest absolute Gasteiger partial charge is 0.337 e. The van der Waals surface area contributed by atoms with Crippen LogP contribution in [0.15, 0.2) is 47.4 Å². The highest BCUT2D eigenvalue weighted by Gasteiger charge is 2.27. The van der Waals surface area contributed by atoms with Crippen molar-refractivity contribution in [2.45, 2.75) is 24.8 Å². The Morgan fingerprint density at radius 2 is 1.76 bits per heavy atom. The van der Waals surface area contributed by atoms with E-state index >= 15 is 0 Å². The number of sulfonamides is 1. The Morgan fingerprint density at radius 1 is 1.09 bits per heavy atom. The van der Waals surface area contributed by atoms with E-state index in [1.165, 1.54) is 23.5 Å². The van der Waals surface area contributed by atoms with Crippen LogP contribution in [0.3, 0.4) is 0 Å². The molecule has 0 radical (unpaired) electrons. The molecule has 1 saturated heterocycles. The minimum atomic E-state index is -3.71. The Bertz CT molecular complexity index is 1110. The molecule has 34 heavy (non-hydrogen) atoms. The number of amides is 1. The van der Waals surface area contributed by atoms with Gasteiger partial charge in [0.25, 0.3) is 0 Å². The fourth-order valence-corrected chi connectivity index (χ4v) is 4.72. The van der Waals surface area contributed by atoms with Crippen molar-refractivity contribution in [1.29, 1.82) is 0 Å². The number of nitrogens with zero attached hydrogens (tertiary/aromatic N) is 1. The first-order valence-corrected chi connectivity index (χ1v) is 12.3. The number of ether oxygens (including phenoxy) is 3. The largest absolute Gasteiger partial charge is 0.489 e. The van der Waals surface area contributed by atoms with E-state index in [-0.39, 0.29) is 36.5 Å². The number of morpholine rings is 1. The summed E-state index contributed by atoms with van der Waals surface area (Å²) in [5, 5.41) is 5.69. The summed E-state index contributed by atoms with van der Waals surface area (Å²) in [7, 11) is -2.42. The number of rotatable bonds is 9. The quantitative estimate of drug-likeness (QED) is 0.513. The molecule has 0 saturated carbocycles. The maximum atomic E-state index is 13.0. The summed E-state index contributed by atoms with van der Waals surface area (Å²) in [4.78, 5) is 24.1. The zero-order valence-corrected chi connectivity index (χ0v) is 20.2. The standard InChI is InChI=1S/C23H29N3O7S/c1-16(2)33-21-9-8-19(34(29,30)26-10-12-32-13-11-26)14-20(21)24-15-22(27)25-18-6-4-17(5-7-18)23(28)31-3/h4-9,14,16,24H,10-13,15H2,1-3H3,(H,25,27). The summed E-state index contributed by atoms with van der Waals surface area (Å²) < 4.78 is 43.1. The van der Waals surface area contributed by atoms with Crippen molar-refractivity contribution in [2.75, 3.05) is 50.6 Å². The second-order valence-corrected chi connectivity index (χ2v) is 9.75. The van der Waals surface area contributed by atoms with Crippen molar-refractivity contribution in [3.63, 3.8) is 0 Å². The average molecular weight is 492 g/mol. The highest BCUT2D eigenvalue weighted by Crippen LogP contribution is 2.30. The van der Waals surface area contributed by atoms with E-state index in [9.17, 15) is 18.0 Å². The molecule has 0 bridgehead atoms. The molecule has 0 spiro atoms. The molecule has 3 rings (SSSR count). The highest BCUT2D eigenvalue weighted by molar-refractivity contribution is 7.89. The first-order chi connectivity index (χ1) is 16.2. The van der Waals surface area contributed by atoms with Crippen molar-refractivity contribution in [3.05, 3.63) is 48.0 Å². The van der Waals surface area contributed by atoms with E-state index in [2.05, 4.69) is 15.4 Å². The third-order valence-electron chi connectivity index (χ3n) is 4.95. The summed E-state index contributed by atoms with van der Waals surface area (Å²) in [5.74, 6) is -0.391. The van der Waals surface area contributed by atoms with Crippen LogP contribution in [0.4, 0.5) is 11.4 Å². The normalized spacial score (nSPS) is 14.5. The van der Waals surface area contributed by atoms with Crippen LogP contribution in [0.2, 0.25) is 0 Å². The first-order valence-electron chi connectivity index (χ1n) is 10.8. The zero-order chi connectivity index (χ0) is 24.7. The highest BCUT2D eigenvalue weighted by atomic mass is 32.2. The molecule has 184 valence electrons. The monoisotopic (exact) mass is 491 g/mol. The summed E-state index contributed by atoms with van der Waals surface area (Å²) in [6, 6.07) is 10.8. The van der Waals surface area contributed by atoms with Crippen LogP contribution < -0.4 is 15.4 Å². The lowest BCUT2D eigenvalue weighted by Gasteiger charge is -2.26. The van der Waals surface area contributed by atoms with Crippen molar-refractivity contribution >= 4 is 33.3 Å². The third kappa shape index (κ3) is 6.46. The van der Waals surface area contributed by atoms with E-state index in [0.717, 1.165) is 0 Å². The zero-order valence-electron chi connectivity index (χ0n) is 19.4. The average Bonchev–Trinajstić information content (AvgIpc) is 2.83. The van der Waals surface area contributed by atoms with Crippen LogP contribution in [-0.4, -0.2) is 70.7 Å². The van der Waals surface area contributed by atoms with Crippen LogP contribution in [-0.2, 0) is 24.3 Å². The maximum absolute atomic E-state index is 13.0.